The minimum absolute atomic E-state index is 0.0347. The van der Waals surface area contributed by atoms with Crippen LogP contribution in [-0.4, -0.2) is 54.7 Å². The highest BCUT2D eigenvalue weighted by atomic mass is 35.5. The molecule has 1 N–H and O–H groups in total. The second kappa shape index (κ2) is 10.6. The van der Waals surface area contributed by atoms with Crippen LogP contribution in [0.5, 0.6) is 5.88 Å². The lowest BCUT2D eigenvalue weighted by molar-refractivity contribution is 0.0691. The molecule has 5 rings (SSSR count). The number of imidazole rings is 1. The van der Waals surface area contributed by atoms with Gasteiger partial charge in [0.25, 0.3) is 0 Å². The van der Waals surface area contributed by atoms with Crippen LogP contribution in [0.4, 0.5) is 0 Å². The Hall–Kier alpha value is -3.49. The van der Waals surface area contributed by atoms with E-state index in [0.717, 1.165) is 60.0 Å². The van der Waals surface area contributed by atoms with Crippen LogP contribution in [0.15, 0.2) is 54.6 Å². The topological polar surface area (TPSA) is 93.4 Å². The standard InChI is InChI=1S/C27H28ClN5O3/c1-2-33-24(30-22-10-11-23(27(34)35)31-26(22)33)17-32-14-12-21(13-15-32)36-25-5-3-4-20(29-25)16-18-6-8-19(28)9-7-18/h3-11,21H,2,12-17H2,1H3,(H,34,35). The maximum absolute atomic E-state index is 11.3. The SMILES string of the molecule is CCn1c(CN2CCC(Oc3cccc(Cc4ccc(Cl)cc4)n3)CC2)nc2ccc(C(=O)O)nc21. The molecule has 0 amide bonds. The number of carboxylic acids is 1. The number of aromatic nitrogens is 4. The van der Waals surface area contributed by atoms with Crippen molar-refractivity contribution in [3.63, 3.8) is 0 Å². The predicted molar refractivity (Wildman–Crippen MR) is 138 cm³/mol. The smallest absolute Gasteiger partial charge is 0.354 e. The number of nitrogens with zero attached hydrogens (tertiary/aromatic N) is 5. The number of rotatable bonds is 8. The molecular formula is C27H28ClN5O3. The van der Waals surface area contributed by atoms with Crippen LogP contribution in [0.1, 0.15) is 47.3 Å². The van der Waals surface area contributed by atoms with Crippen LogP contribution >= 0.6 is 11.6 Å². The number of halogens is 1. The Morgan fingerprint density at radius 1 is 1.06 bits per heavy atom. The summed E-state index contributed by atoms with van der Waals surface area (Å²) in [6.45, 7) is 5.16. The lowest BCUT2D eigenvalue weighted by Gasteiger charge is -2.31. The molecule has 0 unspecified atom stereocenters. The van der Waals surface area contributed by atoms with E-state index in [1.54, 1.807) is 6.07 Å². The number of piperidine rings is 1. The Morgan fingerprint density at radius 3 is 2.56 bits per heavy atom. The first kappa shape index (κ1) is 24.2. The van der Waals surface area contributed by atoms with Gasteiger partial charge in [-0.25, -0.2) is 19.7 Å². The number of pyridine rings is 2. The van der Waals surface area contributed by atoms with E-state index >= 15 is 0 Å². The van der Waals surface area contributed by atoms with Crippen molar-refractivity contribution < 1.29 is 14.6 Å². The van der Waals surface area contributed by atoms with Gasteiger partial charge in [0.15, 0.2) is 11.3 Å². The number of fused-ring (bicyclic) bond motifs is 1. The van der Waals surface area contributed by atoms with E-state index in [9.17, 15) is 9.90 Å². The van der Waals surface area contributed by atoms with Gasteiger partial charge in [-0.05, 0) is 55.7 Å². The van der Waals surface area contributed by atoms with Crippen molar-refractivity contribution in [3.8, 4) is 5.88 Å². The third-order valence-corrected chi connectivity index (χ3v) is 6.73. The average molecular weight is 506 g/mol. The van der Waals surface area contributed by atoms with Crippen LogP contribution in [0.2, 0.25) is 5.02 Å². The first-order valence-electron chi connectivity index (χ1n) is 12.2. The van der Waals surface area contributed by atoms with E-state index in [0.29, 0.717) is 24.6 Å². The van der Waals surface area contributed by atoms with Gasteiger partial charge < -0.3 is 14.4 Å². The zero-order valence-corrected chi connectivity index (χ0v) is 20.9. The number of carboxylic acid groups (broad SMARTS) is 1. The Labute approximate surface area is 214 Å². The van der Waals surface area contributed by atoms with Gasteiger partial charge in [0.1, 0.15) is 17.4 Å². The third-order valence-electron chi connectivity index (χ3n) is 6.47. The molecule has 1 aromatic carbocycles. The second-order valence-corrected chi connectivity index (χ2v) is 9.42. The summed E-state index contributed by atoms with van der Waals surface area (Å²) in [5.74, 6) is 0.529. The molecular weight excluding hydrogens is 478 g/mol. The molecule has 4 aromatic rings. The summed E-state index contributed by atoms with van der Waals surface area (Å²) in [7, 11) is 0. The molecule has 9 heteroatoms. The van der Waals surface area contributed by atoms with Gasteiger partial charge in [-0.3, -0.25) is 4.90 Å². The molecule has 1 aliphatic heterocycles. The van der Waals surface area contributed by atoms with E-state index in [1.165, 1.54) is 6.07 Å². The lowest BCUT2D eigenvalue weighted by atomic mass is 10.1. The third kappa shape index (κ3) is 5.50. The zero-order chi connectivity index (χ0) is 25.1. The van der Waals surface area contributed by atoms with E-state index in [4.69, 9.17) is 26.3 Å². The Bertz CT molecular complexity index is 1360. The molecule has 1 saturated heterocycles. The van der Waals surface area contributed by atoms with Crippen LogP contribution in [0.25, 0.3) is 11.2 Å². The molecule has 0 saturated carbocycles. The van der Waals surface area contributed by atoms with E-state index in [-0.39, 0.29) is 11.8 Å². The highest BCUT2D eigenvalue weighted by Gasteiger charge is 2.23. The summed E-state index contributed by atoms with van der Waals surface area (Å²) in [6, 6.07) is 17.0. The summed E-state index contributed by atoms with van der Waals surface area (Å²) in [6.07, 6.45) is 2.64. The Morgan fingerprint density at radius 2 is 1.83 bits per heavy atom. The van der Waals surface area contributed by atoms with Gasteiger partial charge in [0.2, 0.25) is 5.88 Å². The number of likely N-dealkylation sites (tertiary alicyclic amines) is 1. The van der Waals surface area contributed by atoms with Crippen LogP contribution in [0, 0.1) is 0 Å². The van der Waals surface area contributed by atoms with Gasteiger partial charge in [0.05, 0.1) is 6.54 Å². The van der Waals surface area contributed by atoms with E-state index in [1.807, 2.05) is 54.0 Å². The molecule has 36 heavy (non-hydrogen) atoms. The maximum Gasteiger partial charge on any atom is 0.354 e. The number of aromatic carboxylic acids is 1. The minimum atomic E-state index is -1.03. The molecule has 0 aliphatic carbocycles. The molecule has 0 bridgehead atoms. The fourth-order valence-corrected chi connectivity index (χ4v) is 4.74. The van der Waals surface area contributed by atoms with Gasteiger partial charge >= 0.3 is 5.97 Å². The number of benzene rings is 1. The van der Waals surface area contributed by atoms with Crippen molar-refractivity contribution >= 4 is 28.7 Å². The van der Waals surface area contributed by atoms with Crippen LogP contribution in [-0.2, 0) is 19.5 Å². The number of hydrogen-bond acceptors (Lipinski definition) is 6. The van der Waals surface area contributed by atoms with Gasteiger partial charge in [-0.15, -0.1) is 0 Å². The Balaban J connectivity index is 1.19. The van der Waals surface area contributed by atoms with E-state index < -0.39 is 5.97 Å². The Kier molecular flexibility index (Phi) is 7.16. The van der Waals surface area contributed by atoms with Gasteiger partial charge in [-0.2, -0.15) is 0 Å². The lowest BCUT2D eigenvalue weighted by Crippen LogP contribution is -2.38. The molecule has 8 nitrogen and oxygen atoms in total. The highest BCUT2D eigenvalue weighted by molar-refractivity contribution is 6.30. The molecule has 1 fully saturated rings. The minimum Gasteiger partial charge on any atom is -0.477 e. The molecule has 1 aliphatic rings. The molecule has 0 spiro atoms. The summed E-state index contributed by atoms with van der Waals surface area (Å²) < 4.78 is 8.23. The number of carbonyl (C=O) groups is 1. The molecule has 4 heterocycles. The van der Waals surface area contributed by atoms with Gasteiger partial charge in [0, 0.05) is 42.8 Å². The number of hydrogen-bond donors (Lipinski definition) is 1. The zero-order valence-electron chi connectivity index (χ0n) is 20.1. The highest BCUT2D eigenvalue weighted by Crippen LogP contribution is 2.22. The fourth-order valence-electron chi connectivity index (χ4n) is 4.61. The normalized spacial score (nSPS) is 14.8. The van der Waals surface area contributed by atoms with Crippen LogP contribution < -0.4 is 4.74 Å². The first-order chi connectivity index (χ1) is 17.5. The van der Waals surface area contributed by atoms with Crippen molar-refractivity contribution in [2.24, 2.45) is 0 Å². The summed E-state index contributed by atoms with van der Waals surface area (Å²) in [4.78, 5) is 27.4. The van der Waals surface area contributed by atoms with Gasteiger partial charge in [-0.1, -0.05) is 29.8 Å². The predicted octanol–water partition coefficient (Wildman–Crippen LogP) is 4.83. The molecule has 0 radical (unpaired) electrons. The van der Waals surface area contributed by atoms with E-state index in [2.05, 4.69) is 9.88 Å². The number of ether oxygens (including phenoxy) is 1. The monoisotopic (exact) mass is 505 g/mol. The van der Waals surface area contributed by atoms with Crippen molar-refractivity contribution in [1.29, 1.82) is 0 Å². The fraction of sp³-hybridized carbons (Fsp3) is 0.333. The summed E-state index contributed by atoms with van der Waals surface area (Å²) in [5, 5.41) is 10.0. The summed E-state index contributed by atoms with van der Waals surface area (Å²) >= 11 is 5.99. The largest absolute Gasteiger partial charge is 0.477 e. The van der Waals surface area contributed by atoms with Crippen molar-refractivity contribution in [1.82, 2.24) is 24.4 Å². The molecule has 186 valence electrons. The molecule has 3 aromatic heterocycles. The second-order valence-electron chi connectivity index (χ2n) is 8.98. The quantitative estimate of drug-likeness (QED) is 0.366. The first-order valence-corrected chi connectivity index (χ1v) is 12.5. The van der Waals surface area contributed by atoms with Crippen molar-refractivity contribution in [3.05, 3.63) is 82.4 Å². The maximum atomic E-state index is 11.3. The van der Waals surface area contributed by atoms with Crippen LogP contribution in [0.3, 0.4) is 0 Å². The van der Waals surface area contributed by atoms with Crippen molar-refractivity contribution in [2.75, 3.05) is 13.1 Å². The molecule has 0 atom stereocenters. The summed E-state index contributed by atoms with van der Waals surface area (Å²) in [5.41, 5.74) is 3.50. The van der Waals surface area contributed by atoms with Crippen molar-refractivity contribution in [2.45, 2.75) is 45.4 Å². The average Bonchev–Trinajstić information content (AvgIpc) is 3.23. The number of aryl methyl sites for hydroxylation is 1.